The molecule has 2 aromatic carbocycles. The molecule has 1 N–H and O–H groups in total. The lowest BCUT2D eigenvalue weighted by molar-refractivity contribution is -0.127. The molecule has 1 heterocycles. The van der Waals surface area contributed by atoms with Gasteiger partial charge in [0.2, 0.25) is 5.91 Å². The highest BCUT2D eigenvalue weighted by Gasteiger charge is 2.31. The number of hydrogen-bond acceptors (Lipinski definition) is 5. The Labute approximate surface area is 197 Å². The van der Waals surface area contributed by atoms with Crippen molar-refractivity contribution in [3.8, 4) is 5.75 Å². The Bertz CT molecular complexity index is 1150. The zero-order valence-electron chi connectivity index (χ0n) is 18.8. The number of benzene rings is 2. The number of ether oxygens (including phenoxy) is 1. The van der Waals surface area contributed by atoms with Gasteiger partial charge in [0.25, 0.3) is 5.91 Å². The average molecular weight is 462 g/mol. The Kier molecular flexibility index (Phi) is 7.19. The second kappa shape index (κ2) is 10.4. The van der Waals surface area contributed by atoms with E-state index in [4.69, 9.17) is 4.74 Å². The molecule has 1 fully saturated rings. The van der Waals surface area contributed by atoms with Crippen LogP contribution in [0.2, 0.25) is 0 Å². The zero-order valence-corrected chi connectivity index (χ0v) is 19.6. The lowest BCUT2D eigenvalue weighted by Crippen LogP contribution is -2.31. The van der Waals surface area contributed by atoms with Crippen LogP contribution in [-0.4, -0.2) is 34.8 Å². The van der Waals surface area contributed by atoms with E-state index in [0.29, 0.717) is 18.7 Å². The van der Waals surface area contributed by atoms with Crippen LogP contribution >= 0.6 is 11.3 Å². The molecule has 7 heteroatoms. The fourth-order valence-corrected chi connectivity index (χ4v) is 4.11. The van der Waals surface area contributed by atoms with Crippen LogP contribution in [0.3, 0.4) is 0 Å². The normalized spacial score (nSPS) is 13.2. The molecule has 1 aliphatic rings. The summed E-state index contributed by atoms with van der Waals surface area (Å²) in [5.74, 6) is 0.568. The standard InChI is InChI=1S/C26H27N3O3S/c1-18-28-22(17-33-18)16-32-24-6-4-3-5-20(24)11-14-25(30)29(23-12-13-23)15-19-7-9-21(10-8-19)26(31)27-2/h3-11,14,17,23H,12-13,15-16H2,1-2H3,(H,27,31)/b14-11+. The molecule has 0 aliphatic heterocycles. The third-order valence-electron chi connectivity index (χ3n) is 5.43. The average Bonchev–Trinajstić information content (AvgIpc) is 3.60. The third kappa shape index (κ3) is 6.08. The van der Waals surface area contributed by atoms with Gasteiger partial charge >= 0.3 is 0 Å². The first kappa shape index (κ1) is 22.7. The summed E-state index contributed by atoms with van der Waals surface area (Å²) < 4.78 is 5.96. The van der Waals surface area contributed by atoms with Gasteiger partial charge in [0.15, 0.2) is 0 Å². The van der Waals surface area contributed by atoms with Crippen molar-refractivity contribution in [3.05, 3.63) is 87.4 Å². The number of nitrogens with zero attached hydrogens (tertiary/aromatic N) is 2. The lowest BCUT2D eigenvalue weighted by atomic mass is 10.1. The van der Waals surface area contributed by atoms with Crippen LogP contribution in [0, 0.1) is 6.92 Å². The summed E-state index contributed by atoms with van der Waals surface area (Å²) in [6.07, 6.45) is 5.46. The van der Waals surface area contributed by atoms with E-state index in [1.165, 1.54) is 0 Å². The summed E-state index contributed by atoms with van der Waals surface area (Å²) >= 11 is 1.60. The molecule has 4 rings (SSSR count). The SMILES string of the molecule is CNC(=O)c1ccc(CN(C(=O)/C=C/c2ccccc2OCc2csc(C)n2)C2CC2)cc1. The van der Waals surface area contributed by atoms with Crippen molar-refractivity contribution in [2.75, 3.05) is 7.05 Å². The van der Waals surface area contributed by atoms with E-state index in [1.54, 1.807) is 36.6 Å². The number of nitrogens with one attached hydrogen (secondary N) is 1. The molecule has 0 radical (unpaired) electrons. The van der Waals surface area contributed by atoms with Crippen LogP contribution in [0.25, 0.3) is 6.08 Å². The molecule has 1 saturated carbocycles. The van der Waals surface area contributed by atoms with Crippen LogP contribution in [0.15, 0.2) is 60.0 Å². The van der Waals surface area contributed by atoms with E-state index >= 15 is 0 Å². The van der Waals surface area contributed by atoms with Gasteiger partial charge in [-0.1, -0.05) is 30.3 Å². The number of rotatable bonds is 9. The maximum absolute atomic E-state index is 13.0. The van der Waals surface area contributed by atoms with E-state index in [1.807, 2.05) is 59.7 Å². The first-order valence-electron chi connectivity index (χ1n) is 11.0. The van der Waals surface area contributed by atoms with Gasteiger partial charge in [0.1, 0.15) is 12.4 Å². The smallest absolute Gasteiger partial charge is 0.251 e. The van der Waals surface area contributed by atoms with Gasteiger partial charge in [-0.3, -0.25) is 9.59 Å². The van der Waals surface area contributed by atoms with E-state index in [-0.39, 0.29) is 17.9 Å². The first-order chi connectivity index (χ1) is 16.0. The first-order valence-corrected chi connectivity index (χ1v) is 11.8. The molecule has 1 aliphatic carbocycles. The largest absolute Gasteiger partial charge is 0.487 e. The molecule has 1 aromatic heterocycles. The number of carbonyl (C=O) groups is 2. The van der Waals surface area contributed by atoms with Gasteiger partial charge in [-0.15, -0.1) is 11.3 Å². The van der Waals surface area contributed by atoms with E-state index in [2.05, 4.69) is 10.3 Å². The van der Waals surface area contributed by atoms with Gasteiger partial charge < -0.3 is 15.0 Å². The quantitative estimate of drug-likeness (QED) is 0.473. The van der Waals surface area contributed by atoms with Crippen LogP contribution in [0.5, 0.6) is 5.75 Å². The van der Waals surface area contributed by atoms with Crippen molar-refractivity contribution in [1.82, 2.24) is 15.2 Å². The van der Waals surface area contributed by atoms with Crippen LogP contribution in [0.4, 0.5) is 0 Å². The van der Waals surface area contributed by atoms with Crippen LogP contribution in [0.1, 0.15) is 45.0 Å². The minimum atomic E-state index is -0.120. The van der Waals surface area contributed by atoms with Crippen LogP contribution in [-0.2, 0) is 17.9 Å². The van der Waals surface area contributed by atoms with E-state index < -0.39 is 0 Å². The maximum Gasteiger partial charge on any atom is 0.251 e. The van der Waals surface area contributed by atoms with Crippen molar-refractivity contribution >= 4 is 29.2 Å². The summed E-state index contributed by atoms with van der Waals surface area (Å²) in [7, 11) is 1.61. The van der Waals surface area contributed by atoms with Gasteiger partial charge in [0.05, 0.1) is 10.7 Å². The number of hydrogen-bond donors (Lipinski definition) is 1. The molecule has 33 heavy (non-hydrogen) atoms. The maximum atomic E-state index is 13.0. The summed E-state index contributed by atoms with van der Waals surface area (Å²) in [5.41, 5.74) is 3.35. The summed E-state index contributed by atoms with van der Waals surface area (Å²) in [6.45, 7) is 2.88. The van der Waals surface area contributed by atoms with Crippen LogP contribution < -0.4 is 10.1 Å². The molecule has 0 saturated heterocycles. The predicted molar refractivity (Wildman–Crippen MR) is 130 cm³/mol. The summed E-state index contributed by atoms with van der Waals surface area (Å²) in [6, 6.07) is 15.3. The molecular formula is C26H27N3O3S. The van der Waals surface area contributed by atoms with Crippen molar-refractivity contribution in [3.63, 3.8) is 0 Å². The van der Waals surface area contributed by atoms with Gasteiger partial charge in [-0.25, -0.2) is 4.98 Å². The van der Waals surface area contributed by atoms with Crippen molar-refractivity contribution in [2.24, 2.45) is 0 Å². The molecule has 170 valence electrons. The fraction of sp³-hybridized carbons (Fsp3) is 0.269. The van der Waals surface area contributed by atoms with Gasteiger partial charge in [0, 0.05) is 42.2 Å². The Hall–Kier alpha value is -3.45. The molecule has 2 amide bonds. The summed E-state index contributed by atoms with van der Waals surface area (Å²) in [5, 5.41) is 5.62. The number of thiazole rings is 1. The highest BCUT2D eigenvalue weighted by Crippen LogP contribution is 2.29. The molecule has 6 nitrogen and oxygen atoms in total. The fourth-order valence-electron chi connectivity index (χ4n) is 3.51. The Balaban J connectivity index is 1.42. The van der Waals surface area contributed by atoms with E-state index in [9.17, 15) is 9.59 Å². The third-order valence-corrected chi connectivity index (χ3v) is 6.26. The Morgan fingerprint density at radius 1 is 1.18 bits per heavy atom. The molecular weight excluding hydrogens is 434 g/mol. The highest BCUT2D eigenvalue weighted by molar-refractivity contribution is 7.09. The molecule has 0 spiro atoms. The number of para-hydroxylation sites is 1. The second-order valence-electron chi connectivity index (χ2n) is 7.99. The second-order valence-corrected chi connectivity index (χ2v) is 9.05. The summed E-state index contributed by atoms with van der Waals surface area (Å²) in [4.78, 5) is 31.1. The molecule has 0 unspecified atom stereocenters. The lowest BCUT2D eigenvalue weighted by Gasteiger charge is -2.21. The molecule has 0 atom stereocenters. The minimum absolute atomic E-state index is 0.0298. The Morgan fingerprint density at radius 3 is 2.61 bits per heavy atom. The monoisotopic (exact) mass is 461 g/mol. The Morgan fingerprint density at radius 2 is 1.94 bits per heavy atom. The number of amides is 2. The number of aromatic nitrogens is 1. The molecule has 3 aromatic rings. The highest BCUT2D eigenvalue weighted by atomic mass is 32.1. The van der Waals surface area contributed by atoms with Gasteiger partial charge in [-0.2, -0.15) is 0 Å². The number of aryl methyl sites for hydroxylation is 1. The van der Waals surface area contributed by atoms with Gasteiger partial charge in [-0.05, 0) is 49.6 Å². The molecule has 0 bridgehead atoms. The van der Waals surface area contributed by atoms with Crippen molar-refractivity contribution in [1.29, 1.82) is 0 Å². The topological polar surface area (TPSA) is 71.5 Å². The van der Waals surface area contributed by atoms with Crippen molar-refractivity contribution < 1.29 is 14.3 Å². The zero-order chi connectivity index (χ0) is 23.2. The van der Waals surface area contributed by atoms with Crippen molar-refractivity contribution in [2.45, 2.75) is 39.0 Å². The predicted octanol–water partition coefficient (Wildman–Crippen LogP) is 4.59. The minimum Gasteiger partial charge on any atom is -0.487 e. The number of carbonyl (C=O) groups excluding carboxylic acids is 2. The van der Waals surface area contributed by atoms with E-state index in [0.717, 1.165) is 40.4 Å².